The fraction of sp³-hybridized carbons (Fsp3) is 0.231. The molecule has 2 aromatic rings. The summed E-state index contributed by atoms with van der Waals surface area (Å²) in [5, 5.41) is 17.0. The van der Waals surface area contributed by atoms with Crippen molar-refractivity contribution in [1.29, 1.82) is 5.26 Å². The molecule has 0 aliphatic rings. The van der Waals surface area contributed by atoms with Crippen molar-refractivity contribution in [2.45, 2.75) is 12.2 Å². The largest absolute Gasteiger partial charge is 0.369 e. The van der Waals surface area contributed by atoms with E-state index in [0.29, 0.717) is 11.4 Å². The number of hydrogen-bond acceptors (Lipinski definition) is 5. The summed E-state index contributed by atoms with van der Waals surface area (Å²) in [4.78, 5) is 4.35. The molecule has 7 heteroatoms. The third-order valence-electron chi connectivity index (χ3n) is 2.95. The molecule has 0 spiro atoms. The number of nitriles is 1. The highest BCUT2D eigenvalue weighted by molar-refractivity contribution is 7.89. The van der Waals surface area contributed by atoms with Gasteiger partial charge in [0.05, 0.1) is 22.4 Å². The topological polar surface area (TPSA) is 109 Å². The molecule has 104 valence electrons. The minimum Gasteiger partial charge on any atom is -0.369 e. The van der Waals surface area contributed by atoms with Gasteiger partial charge in [-0.1, -0.05) is 0 Å². The summed E-state index contributed by atoms with van der Waals surface area (Å²) in [5.74, 6) is 0.567. The summed E-state index contributed by atoms with van der Waals surface area (Å²) < 4.78 is 22.2. The molecule has 0 amide bonds. The second-order valence-corrected chi connectivity index (χ2v) is 6.48. The van der Waals surface area contributed by atoms with Crippen molar-refractivity contribution in [3.05, 3.63) is 35.9 Å². The van der Waals surface area contributed by atoms with Crippen molar-refractivity contribution < 1.29 is 8.42 Å². The highest BCUT2D eigenvalue weighted by atomic mass is 32.2. The van der Waals surface area contributed by atoms with Crippen molar-refractivity contribution in [2.75, 3.05) is 11.9 Å². The van der Waals surface area contributed by atoms with E-state index < -0.39 is 15.3 Å². The molecule has 6 nitrogen and oxygen atoms in total. The van der Waals surface area contributed by atoms with Crippen LogP contribution in [0, 0.1) is 11.3 Å². The third-order valence-corrected chi connectivity index (χ3v) is 4.24. The quantitative estimate of drug-likeness (QED) is 0.879. The first-order chi connectivity index (χ1) is 9.40. The van der Waals surface area contributed by atoms with E-state index in [1.165, 1.54) is 6.92 Å². The highest BCUT2D eigenvalue weighted by Gasteiger charge is 2.15. The number of nitrogens with one attached hydrogen (secondary N) is 1. The molecule has 0 saturated carbocycles. The molecular weight excluding hydrogens is 276 g/mol. The minimum atomic E-state index is -3.55. The molecule has 0 saturated heterocycles. The van der Waals surface area contributed by atoms with E-state index in [1.54, 1.807) is 24.3 Å². The van der Waals surface area contributed by atoms with Gasteiger partial charge >= 0.3 is 0 Å². The number of hydrogen-bond donors (Lipinski definition) is 2. The van der Waals surface area contributed by atoms with Gasteiger partial charge in [-0.2, -0.15) is 5.26 Å². The van der Waals surface area contributed by atoms with Crippen LogP contribution >= 0.6 is 0 Å². The lowest BCUT2D eigenvalue weighted by Crippen LogP contribution is -2.31. The van der Waals surface area contributed by atoms with Gasteiger partial charge in [-0.15, -0.1) is 0 Å². The Morgan fingerprint density at radius 2 is 2.15 bits per heavy atom. The number of rotatable bonds is 4. The number of sulfonamides is 1. The molecule has 20 heavy (non-hydrogen) atoms. The van der Waals surface area contributed by atoms with E-state index in [2.05, 4.69) is 16.4 Å². The van der Waals surface area contributed by atoms with Crippen LogP contribution in [0.5, 0.6) is 0 Å². The van der Waals surface area contributed by atoms with Crippen molar-refractivity contribution in [2.24, 2.45) is 5.14 Å². The zero-order valence-corrected chi connectivity index (χ0v) is 11.7. The van der Waals surface area contributed by atoms with Crippen molar-refractivity contribution >= 4 is 26.7 Å². The average Bonchev–Trinajstić information content (AvgIpc) is 2.42. The van der Waals surface area contributed by atoms with Gasteiger partial charge in [-0.3, -0.25) is 0 Å². The number of aromatic nitrogens is 1. The van der Waals surface area contributed by atoms with E-state index >= 15 is 0 Å². The molecule has 0 aliphatic heterocycles. The van der Waals surface area contributed by atoms with Gasteiger partial charge in [0.15, 0.2) is 0 Å². The summed E-state index contributed by atoms with van der Waals surface area (Å²) in [6.07, 6.45) is 0. The van der Waals surface area contributed by atoms with E-state index in [9.17, 15) is 8.42 Å². The number of primary sulfonamides is 1. The van der Waals surface area contributed by atoms with Crippen LogP contribution in [0.4, 0.5) is 5.82 Å². The van der Waals surface area contributed by atoms with Gasteiger partial charge in [0.1, 0.15) is 5.82 Å². The summed E-state index contributed by atoms with van der Waals surface area (Å²) in [5.41, 5.74) is 1.31. The summed E-state index contributed by atoms with van der Waals surface area (Å²) in [7, 11) is -3.55. The van der Waals surface area contributed by atoms with E-state index in [1.807, 2.05) is 6.07 Å². The van der Waals surface area contributed by atoms with E-state index in [4.69, 9.17) is 10.4 Å². The normalized spacial score (nSPS) is 12.8. The Balaban J connectivity index is 2.19. The van der Waals surface area contributed by atoms with Crippen LogP contribution in [0.15, 0.2) is 30.3 Å². The fourth-order valence-corrected chi connectivity index (χ4v) is 1.97. The number of benzene rings is 1. The van der Waals surface area contributed by atoms with Crippen molar-refractivity contribution in [3.8, 4) is 6.07 Å². The van der Waals surface area contributed by atoms with Gasteiger partial charge in [0.25, 0.3) is 0 Å². The predicted octanol–water partition coefficient (Wildman–Crippen LogP) is 1.20. The molecule has 1 aromatic heterocycles. The molecular formula is C13H14N4O2S. The van der Waals surface area contributed by atoms with Crippen LogP contribution < -0.4 is 10.5 Å². The van der Waals surface area contributed by atoms with Crippen LogP contribution in [-0.2, 0) is 10.0 Å². The molecule has 0 fully saturated rings. The maximum atomic E-state index is 11.1. The van der Waals surface area contributed by atoms with Crippen LogP contribution in [0.2, 0.25) is 0 Å². The van der Waals surface area contributed by atoms with Gasteiger partial charge < -0.3 is 5.32 Å². The molecule has 1 atom stereocenters. The lowest BCUT2D eigenvalue weighted by molar-refractivity contribution is 0.587. The highest BCUT2D eigenvalue weighted by Crippen LogP contribution is 2.16. The Labute approximate surface area is 117 Å². The number of pyridine rings is 1. The zero-order chi connectivity index (χ0) is 14.8. The van der Waals surface area contributed by atoms with Crippen molar-refractivity contribution in [3.63, 3.8) is 0 Å². The number of anilines is 1. The molecule has 1 heterocycles. The summed E-state index contributed by atoms with van der Waals surface area (Å²) in [6, 6.07) is 10.8. The van der Waals surface area contributed by atoms with Gasteiger partial charge in [0, 0.05) is 11.9 Å². The number of nitrogens with zero attached hydrogens (tertiary/aromatic N) is 2. The Kier molecular flexibility index (Phi) is 3.88. The molecule has 0 radical (unpaired) electrons. The van der Waals surface area contributed by atoms with Gasteiger partial charge in [-0.05, 0) is 37.3 Å². The lowest BCUT2D eigenvalue weighted by atomic mass is 10.1. The second kappa shape index (κ2) is 5.45. The Morgan fingerprint density at radius 1 is 1.40 bits per heavy atom. The van der Waals surface area contributed by atoms with Gasteiger partial charge in [0.2, 0.25) is 10.0 Å². The standard InChI is InChI=1S/C13H14N4O2S/c1-9(20(15,18)19)8-16-13-5-3-11-6-10(7-14)2-4-12(11)17-13/h2-6,9H,8H2,1H3,(H,16,17)(H2,15,18,19). The Hall–Kier alpha value is -2.17. The minimum absolute atomic E-state index is 0.188. The maximum absolute atomic E-state index is 11.1. The molecule has 0 bridgehead atoms. The molecule has 1 aromatic carbocycles. The Morgan fingerprint density at radius 3 is 2.80 bits per heavy atom. The average molecular weight is 290 g/mol. The predicted molar refractivity (Wildman–Crippen MR) is 77.5 cm³/mol. The van der Waals surface area contributed by atoms with E-state index in [0.717, 1.165) is 10.9 Å². The van der Waals surface area contributed by atoms with E-state index in [-0.39, 0.29) is 6.54 Å². The number of fused-ring (bicyclic) bond motifs is 1. The summed E-state index contributed by atoms with van der Waals surface area (Å²) >= 11 is 0. The van der Waals surface area contributed by atoms with Crippen LogP contribution in [0.25, 0.3) is 10.9 Å². The first-order valence-corrected chi connectivity index (χ1v) is 7.57. The van der Waals surface area contributed by atoms with Crippen LogP contribution in [0.3, 0.4) is 0 Å². The molecule has 1 unspecified atom stereocenters. The smallest absolute Gasteiger partial charge is 0.213 e. The maximum Gasteiger partial charge on any atom is 0.213 e. The van der Waals surface area contributed by atoms with Crippen molar-refractivity contribution in [1.82, 2.24) is 4.98 Å². The first kappa shape index (κ1) is 14.2. The zero-order valence-electron chi connectivity index (χ0n) is 10.9. The first-order valence-electron chi connectivity index (χ1n) is 5.96. The summed E-state index contributed by atoms with van der Waals surface area (Å²) in [6.45, 7) is 1.72. The SMILES string of the molecule is CC(CNc1ccc2cc(C#N)ccc2n1)S(N)(=O)=O. The van der Waals surface area contributed by atoms with Crippen LogP contribution in [-0.4, -0.2) is 25.2 Å². The molecule has 2 rings (SSSR count). The third kappa shape index (κ3) is 3.23. The number of nitrogens with two attached hydrogens (primary N) is 1. The second-order valence-electron chi connectivity index (χ2n) is 4.50. The van der Waals surface area contributed by atoms with Crippen LogP contribution in [0.1, 0.15) is 12.5 Å². The monoisotopic (exact) mass is 290 g/mol. The molecule has 0 aliphatic carbocycles. The molecule has 3 N–H and O–H groups in total. The van der Waals surface area contributed by atoms with Gasteiger partial charge in [-0.25, -0.2) is 18.5 Å². The fourth-order valence-electron chi connectivity index (χ4n) is 1.66. The Bertz CT molecular complexity index is 781. The lowest BCUT2D eigenvalue weighted by Gasteiger charge is -2.11.